The van der Waals surface area contributed by atoms with E-state index < -0.39 is 5.54 Å². The first-order valence-corrected chi connectivity index (χ1v) is 11.0. The topological polar surface area (TPSA) is 44.1 Å². The van der Waals surface area contributed by atoms with Crippen molar-refractivity contribution in [1.29, 1.82) is 0 Å². The minimum atomic E-state index is -0.609. The number of aromatic nitrogens is 2. The number of hydrogen-bond donors (Lipinski definition) is 0. The van der Waals surface area contributed by atoms with E-state index in [4.69, 9.17) is 9.72 Å². The zero-order valence-corrected chi connectivity index (χ0v) is 18.1. The van der Waals surface area contributed by atoms with Gasteiger partial charge in [-0.05, 0) is 29.5 Å². The van der Waals surface area contributed by atoms with Gasteiger partial charge in [-0.3, -0.25) is 4.79 Å². The van der Waals surface area contributed by atoms with E-state index in [2.05, 4.69) is 77.4 Å². The Morgan fingerprint density at radius 3 is 1.84 bits per heavy atom. The van der Waals surface area contributed by atoms with Crippen molar-refractivity contribution in [3.8, 4) is 0 Å². The molecule has 1 aromatic heterocycles. The highest BCUT2D eigenvalue weighted by Gasteiger charge is 2.41. The Morgan fingerprint density at radius 1 is 0.875 bits per heavy atom. The molecule has 1 aliphatic rings. The lowest BCUT2D eigenvalue weighted by Gasteiger charge is -2.39. The van der Waals surface area contributed by atoms with Crippen molar-refractivity contribution >= 4 is 5.97 Å². The minimum absolute atomic E-state index is 0.145. The Hall–Kier alpha value is -3.66. The molecule has 1 aliphatic carbocycles. The van der Waals surface area contributed by atoms with Crippen LogP contribution in [0, 0.1) is 5.92 Å². The molecule has 0 spiro atoms. The molecule has 160 valence electrons. The van der Waals surface area contributed by atoms with Crippen LogP contribution in [0.5, 0.6) is 0 Å². The van der Waals surface area contributed by atoms with E-state index in [0.29, 0.717) is 6.42 Å². The van der Waals surface area contributed by atoms with E-state index in [1.54, 1.807) is 0 Å². The number of nitrogens with zero attached hydrogens (tertiary/aromatic N) is 2. The molecule has 0 radical (unpaired) electrons. The molecule has 1 heterocycles. The number of esters is 1. The van der Waals surface area contributed by atoms with Crippen molar-refractivity contribution in [2.75, 3.05) is 7.11 Å². The van der Waals surface area contributed by atoms with Gasteiger partial charge in [0.25, 0.3) is 0 Å². The molecule has 0 N–H and O–H groups in total. The lowest BCUT2D eigenvalue weighted by atomic mass is 9.76. The Balaban J connectivity index is 1.82. The van der Waals surface area contributed by atoms with Gasteiger partial charge in [-0.2, -0.15) is 0 Å². The number of imidazole rings is 1. The monoisotopic (exact) mass is 422 g/mol. The molecule has 0 fully saturated rings. The highest BCUT2D eigenvalue weighted by Crippen LogP contribution is 2.43. The van der Waals surface area contributed by atoms with Gasteiger partial charge in [0, 0.05) is 12.1 Å². The van der Waals surface area contributed by atoms with E-state index in [1.165, 1.54) is 7.11 Å². The van der Waals surface area contributed by atoms with E-state index in [0.717, 1.165) is 40.9 Å². The normalized spacial score (nSPS) is 15.7. The van der Waals surface area contributed by atoms with Crippen molar-refractivity contribution in [3.63, 3.8) is 0 Å². The number of hydrogen-bond acceptors (Lipinski definition) is 3. The van der Waals surface area contributed by atoms with Gasteiger partial charge < -0.3 is 9.30 Å². The third kappa shape index (κ3) is 3.23. The molecule has 32 heavy (non-hydrogen) atoms. The Bertz CT molecular complexity index is 1100. The van der Waals surface area contributed by atoms with Crippen molar-refractivity contribution in [2.45, 2.75) is 24.8 Å². The number of rotatable bonds is 5. The smallest absolute Gasteiger partial charge is 0.309 e. The molecule has 0 saturated carbocycles. The van der Waals surface area contributed by atoms with Gasteiger partial charge in [0.15, 0.2) is 0 Å². The van der Waals surface area contributed by atoms with Gasteiger partial charge >= 0.3 is 5.97 Å². The molecule has 1 atom stereocenters. The largest absolute Gasteiger partial charge is 0.469 e. The van der Waals surface area contributed by atoms with Gasteiger partial charge in [0.2, 0.25) is 0 Å². The fraction of sp³-hybridized carbons (Fsp3) is 0.214. The highest BCUT2D eigenvalue weighted by atomic mass is 16.5. The quantitative estimate of drug-likeness (QED) is 0.336. The van der Waals surface area contributed by atoms with Crippen LogP contribution < -0.4 is 0 Å². The standard InChI is InChI=1S/C28H26N2O2/c1-32-27(31)21-17-18-25-26(19-21)30(20-29-25)28(22-11-5-2-6-12-22,23-13-7-3-8-14-23)24-15-9-4-10-16-24/h2-16,20-21H,17-19H2,1H3. The summed E-state index contributed by atoms with van der Waals surface area (Å²) in [5.74, 6) is -0.295. The third-order valence-electron chi connectivity index (χ3n) is 6.59. The fourth-order valence-electron chi connectivity index (χ4n) is 5.09. The minimum Gasteiger partial charge on any atom is -0.469 e. The van der Waals surface area contributed by atoms with Crippen LogP contribution in [0.15, 0.2) is 97.3 Å². The van der Waals surface area contributed by atoms with Crippen molar-refractivity contribution in [3.05, 3.63) is 125 Å². The zero-order chi connectivity index (χ0) is 22.0. The van der Waals surface area contributed by atoms with Crippen LogP contribution in [-0.4, -0.2) is 22.6 Å². The number of ether oxygens (including phenoxy) is 1. The van der Waals surface area contributed by atoms with E-state index >= 15 is 0 Å². The summed E-state index contributed by atoms with van der Waals surface area (Å²) < 4.78 is 7.38. The molecule has 0 bridgehead atoms. The molecule has 4 aromatic rings. The number of benzene rings is 3. The summed E-state index contributed by atoms with van der Waals surface area (Å²) in [6.07, 6.45) is 4.12. The lowest BCUT2D eigenvalue weighted by Crippen LogP contribution is -2.39. The van der Waals surface area contributed by atoms with E-state index in [1.807, 2.05) is 24.5 Å². The number of aryl methyl sites for hydroxylation is 1. The van der Waals surface area contributed by atoms with E-state index in [9.17, 15) is 4.79 Å². The molecule has 0 saturated heterocycles. The molecular weight excluding hydrogens is 396 g/mol. The van der Waals surface area contributed by atoms with Gasteiger partial charge in [0.05, 0.1) is 25.0 Å². The van der Waals surface area contributed by atoms with Crippen LogP contribution in [0.2, 0.25) is 0 Å². The van der Waals surface area contributed by atoms with Gasteiger partial charge in [0.1, 0.15) is 5.54 Å². The van der Waals surface area contributed by atoms with Crippen LogP contribution in [0.3, 0.4) is 0 Å². The first-order chi connectivity index (χ1) is 15.7. The number of methoxy groups -OCH3 is 1. The maximum Gasteiger partial charge on any atom is 0.309 e. The predicted octanol–water partition coefficient (Wildman–Crippen LogP) is 5.00. The van der Waals surface area contributed by atoms with Crippen molar-refractivity contribution in [2.24, 2.45) is 5.92 Å². The summed E-state index contributed by atoms with van der Waals surface area (Å²) in [4.78, 5) is 17.2. The molecule has 4 heteroatoms. The summed E-state index contributed by atoms with van der Waals surface area (Å²) in [5.41, 5.74) is 5.01. The second kappa shape index (κ2) is 8.46. The highest BCUT2D eigenvalue weighted by molar-refractivity contribution is 5.73. The first kappa shape index (κ1) is 20.3. The Kier molecular flexibility index (Phi) is 5.36. The molecular formula is C28H26N2O2. The number of carbonyl (C=O) groups excluding carboxylic acids is 1. The average Bonchev–Trinajstić information content (AvgIpc) is 3.30. The maximum absolute atomic E-state index is 12.4. The molecule has 5 rings (SSSR count). The fourth-order valence-corrected chi connectivity index (χ4v) is 5.09. The van der Waals surface area contributed by atoms with Crippen LogP contribution in [-0.2, 0) is 27.9 Å². The molecule has 0 amide bonds. The maximum atomic E-state index is 12.4. The van der Waals surface area contributed by atoms with Gasteiger partial charge in [-0.1, -0.05) is 91.0 Å². The van der Waals surface area contributed by atoms with Crippen LogP contribution in [0.25, 0.3) is 0 Å². The van der Waals surface area contributed by atoms with Crippen LogP contribution in [0.1, 0.15) is 34.5 Å². The molecule has 4 nitrogen and oxygen atoms in total. The van der Waals surface area contributed by atoms with Crippen LogP contribution in [0.4, 0.5) is 0 Å². The predicted molar refractivity (Wildman–Crippen MR) is 124 cm³/mol. The van der Waals surface area contributed by atoms with Gasteiger partial charge in [-0.15, -0.1) is 0 Å². The summed E-state index contributed by atoms with van der Waals surface area (Å²) in [5, 5.41) is 0. The third-order valence-corrected chi connectivity index (χ3v) is 6.59. The Labute approximate surface area is 188 Å². The lowest BCUT2D eigenvalue weighted by molar-refractivity contribution is -0.145. The number of carbonyl (C=O) groups is 1. The SMILES string of the molecule is COC(=O)C1CCc2ncn(C(c3ccccc3)(c3ccccc3)c3ccccc3)c2C1. The van der Waals surface area contributed by atoms with Gasteiger partial charge in [-0.25, -0.2) is 4.98 Å². The summed E-state index contributed by atoms with van der Waals surface area (Å²) >= 11 is 0. The molecule has 0 aliphatic heterocycles. The van der Waals surface area contributed by atoms with E-state index in [-0.39, 0.29) is 11.9 Å². The molecule has 3 aromatic carbocycles. The summed E-state index contributed by atoms with van der Waals surface area (Å²) in [7, 11) is 1.47. The molecule has 1 unspecified atom stereocenters. The first-order valence-electron chi connectivity index (χ1n) is 11.0. The second-order valence-corrected chi connectivity index (χ2v) is 8.28. The van der Waals surface area contributed by atoms with Crippen molar-refractivity contribution < 1.29 is 9.53 Å². The number of fused-ring (bicyclic) bond motifs is 1. The average molecular weight is 423 g/mol. The summed E-state index contributed by atoms with van der Waals surface area (Å²) in [6, 6.07) is 31.6. The zero-order valence-electron chi connectivity index (χ0n) is 18.1. The summed E-state index contributed by atoms with van der Waals surface area (Å²) in [6.45, 7) is 0. The van der Waals surface area contributed by atoms with Crippen molar-refractivity contribution in [1.82, 2.24) is 9.55 Å². The van der Waals surface area contributed by atoms with Crippen LogP contribution >= 0.6 is 0 Å². The Morgan fingerprint density at radius 2 is 1.38 bits per heavy atom. The second-order valence-electron chi connectivity index (χ2n) is 8.28.